The van der Waals surface area contributed by atoms with Crippen LogP contribution in [0.5, 0.6) is 0 Å². The van der Waals surface area contributed by atoms with Crippen molar-refractivity contribution in [3.05, 3.63) is 35.1 Å². The number of rotatable bonds is 2. The lowest BCUT2D eigenvalue weighted by Crippen LogP contribution is -2.49. The molecule has 1 aliphatic rings. The molecule has 1 heterocycles. The molecule has 1 saturated heterocycles. The molecule has 0 spiro atoms. The van der Waals surface area contributed by atoms with Crippen LogP contribution in [-0.2, 0) is 0 Å². The Balaban J connectivity index is 2.14. The summed E-state index contributed by atoms with van der Waals surface area (Å²) < 4.78 is 13.3. The normalized spacial score (nSPS) is 23.5. The van der Waals surface area contributed by atoms with Gasteiger partial charge in [-0.05, 0) is 44.0 Å². The summed E-state index contributed by atoms with van der Waals surface area (Å²) in [5.74, 6) is 0.00192. The van der Waals surface area contributed by atoms with Gasteiger partial charge in [0.1, 0.15) is 5.82 Å². The molecular weight excluding hydrogens is 243 g/mol. The second-order valence-corrected chi connectivity index (χ2v) is 5.37. The molecular formula is C15H21FN2O. The quantitative estimate of drug-likeness (QED) is 0.888. The average molecular weight is 264 g/mol. The van der Waals surface area contributed by atoms with Gasteiger partial charge < -0.3 is 10.2 Å². The Kier molecular flexibility index (Phi) is 4.20. The van der Waals surface area contributed by atoms with Gasteiger partial charge in [-0.25, -0.2) is 4.39 Å². The van der Waals surface area contributed by atoms with Crippen molar-refractivity contribution in [3.63, 3.8) is 0 Å². The molecule has 0 aromatic heterocycles. The summed E-state index contributed by atoms with van der Waals surface area (Å²) in [6.45, 7) is 5.43. The van der Waals surface area contributed by atoms with E-state index in [9.17, 15) is 9.18 Å². The molecule has 1 aromatic carbocycles. The van der Waals surface area contributed by atoms with Gasteiger partial charge in [0.25, 0.3) is 5.91 Å². The van der Waals surface area contributed by atoms with Gasteiger partial charge in [0.15, 0.2) is 0 Å². The molecule has 0 bridgehead atoms. The molecule has 1 aromatic rings. The van der Waals surface area contributed by atoms with Crippen molar-refractivity contribution >= 4 is 5.91 Å². The minimum absolute atomic E-state index is 0.0570. The van der Waals surface area contributed by atoms with Crippen molar-refractivity contribution in [2.24, 2.45) is 5.92 Å². The van der Waals surface area contributed by atoms with Crippen LogP contribution in [0.15, 0.2) is 18.2 Å². The Morgan fingerprint density at radius 3 is 2.84 bits per heavy atom. The molecule has 2 atom stereocenters. The predicted molar refractivity (Wildman–Crippen MR) is 73.7 cm³/mol. The number of benzene rings is 1. The number of nitrogens with zero attached hydrogens (tertiary/aromatic N) is 1. The number of likely N-dealkylation sites (tertiary alicyclic amines) is 1. The maximum absolute atomic E-state index is 13.3. The van der Waals surface area contributed by atoms with Crippen LogP contribution in [-0.4, -0.2) is 37.0 Å². The zero-order valence-corrected chi connectivity index (χ0v) is 11.7. The van der Waals surface area contributed by atoms with Gasteiger partial charge in [0, 0.05) is 24.7 Å². The number of amides is 1. The van der Waals surface area contributed by atoms with E-state index >= 15 is 0 Å². The molecule has 1 amide bonds. The van der Waals surface area contributed by atoms with Crippen molar-refractivity contribution in [2.75, 3.05) is 20.1 Å². The number of carbonyl (C=O) groups is 1. The molecule has 1 N–H and O–H groups in total. The first-order chi connectivity index (χ1) is 9.02. The van der Waals surface area contributed by atoms with Crippen LogP contribution < -0.4 is 5.32 Å². The van der Waals surface area contributed by atoms with Gasteiger partial charge in [-0.15, -0.1) is 0 Å². The maximum Gasteiger partial charge on any atom is 0.254 e. The lowest BCUT2D eigenvalue weighted by Gasteiger charge is -2.37. The van der Waals surface area contributed by atoms with Crippen molar-refractivity contribution < 1.29 is 9.18 Å². The standard InChI is InChI=1S/C15H21FN2O/c1-10-4-5-12(16)8-13(10)15(19)18-7-6-14(17-3)11(2)9-18/h4-5,8,11,14,17H,6-7,9H2,1-3H3. The summed E-state index contributed by atoms with van der Waals surface area (Å²) >= 11 is 0. The Morgan fingerprint density at radius 2 is 2.21 bits per heavy atom. The van der Waals surface area contributed by atoms with Gasteiger partial charge >= 0.3 is 0 Å². The second kappa shape index (κ2) is 5.70. The second-order valence-electron chi connectivity index (χ2n) is 5.37. The third-order valence-electron chi connectivity index (χ3n) is 3.99. The first-order valence-corrected chi connectivity index (χ1v) is 6.75. The van der Waals surface area contributed by atoms with Crippen LogP contribution in [0.1, 0.15) is 29.3 Å². The van der Waals surface area contributed by atoms with Crippen molar-refractivity contribution in [3.8, 4) is 0 Å². The molecule has 0 saturated carbocycles. The van der Waals surface area contributed by atoms with Crippen LogP contribution >= 0.6 is 0 Å². The Hall–Kier alpha value is -1.42. The zero-order valence-electron chi connectivity index (χ0n) is 11.7. The number of halogens is 1. The van der Waals surface area contributed by atoms with Gasteiger partial charge in [-0.1, -0.05) is 13.0 Å². The average Bonchev–Trinajstić information content (AvgIpc) is 2.40. The number of nitrogens with one attached hydrogen (secondary N) is 1. The minimum Gasteiger partial charge on any atom is -0.338 e. The van der Waals surface area contributed by atoms with Crippen molar-refractivity contribution in [1.29, 1.82) is 0 Å². The van der Waals surface area contributed by atoms with Crippen molar-refractivity contribution in [2.45, 2.75) is 26.3 Å². The SMILES string of the molecule is CNC1CCN(C(=O)c2cc(F)ccc2C)CC1C. The molecule has 2 unspecified atom stereocenters. The molecule has 19 heavy (non-hydrogen) atoms. The number of aryl methyl sites for hydroxylation is 1. The third kappa shape index (κ3) is 2.95. The predicted octanol–water partition coefficient (Wildman–Crippen LogP) is 2.20. The summed E-state index contributed by atoms with van der Waals surface area (Å²) in [5, 5.41) is 3.28. The van der Waals surface area contributed by atoms with E-state index in [4.69, 9.17) is 0 Å². The molecule has 104 valence electrons. The molecule has 1 fully saturated rings. The van der Waals surface area contributed by atoms with Crippen LogP contribution in [0.25, 0.3) is 0 Å². The number of piperidine rings is 1. The molecule has 1 aliphatic heterocycles. The number of hydrogen-bond donors (Lipinski definition) is 1. The lowest BCUT2D eigenvalue weighted by atomic mass is 9.93. The van der Waals surface area contributed by atoms with E-state index in [1.807, 2.05) is 18.9 Å². The number of hydrogen-bond acceptors (Lipinski definition) is 2. The Morgan fingerprint density at radius 1 is 1.47 bits per heavy atom. The van der Waals surface area contributed by atoms with Gasteiger partial charge in [0.05, 0.1) is 0 Å². The lowest BCUT2D eigenvalue weighted by molar-refractivity contribution is 0.0648. The summed E-state index contributed by atoms with van der Waals surface area (Å²) in [6, 6.07) is 4.85. The largest absolute Gasteiger partial charge is 0.338 e. The fourth-order valence-electron chi connectivity index (χ4n) is 2.75. The van der Waals surface area contributed by atoms with Gasteiger partial charge in [-0.2, -0.15) is 0 Å². The fourth-order valence-corrected chi connectivity index (χ4v) is 2.75. The summed E-state index contributed by atoms with van der Waals surface area (Å²) in [4.78, 5) is 14.3. The molecule has 0 radical (unpaired) electrons. The van der Waals surface area contributed by atoms with Crippen LogP contribution in [0.4, 0.5) is 4.39 Å². The van der Waals surface area contributed by atoms with E-state index in [1.54, 1.807) is 6.07 Å². The maximum atomic E-state index is 13.3. The van der Waals surface area contributed by atoms with E-state index in [2.05, 4.69) is 12.2 Å². The monoisotopic (exact) mass is 264 g/mol. The summed E-state index contributed by atoms with van der Waals surface area (Å²) in [5.41, 5.74) is 1.31. The highest BCUT2D eigenvalue weighted by molar-refractivity contribution is 5.95. The number of carbonyl (C=O) groups excluding carboxylic acids is 1. The molecule has 0 aliphatic carbocycles. The van der Waals surface area contributed by atoms with E-state index < -0.39 is 0 Å². The van der Waals surface area contributed by atoms with E-state index in [0.717, 1.165) is 25.1 Å². The smallest absolute Gasteiger partial charge is 0.254 e. The highest BCUT2D eigenvalue weighted by atomic mass is 19.1. The topological polar surface area (TPSA) is 32.3 Å². The highest BCUT2D eigenvalue weighted by Gasteiger charge is 2.28. The van der Waals surface area contributed by atoms with Gasteiger partial charge in [0.2, 0.25) is 0 Å². The molecule has 3 nitrogen and oxygen atoms in total. The van der Waals surface area contributed by atoms with E-state index in [1.165, 1.54) is 12.1 Å². The molecule has 2 rings (SSSR count). The minimum atomic E-state index is -0.355. The van der Waals surface area contributed by atoms with Crippen molar-refractivity contribution in [1.82, 2.24) is 10.2 Å². The fraction of sp³-hybridized carbons (Fsp3) is 0.533. The Bertz CT molecular complexity index is 475. The van der Waals surface area contributed by atoms with Crippen LogP contribution in [0, 0.1) is 18.7 Å². The molecule has 4 heteroatoms. The van der Waals surface area contributed by atoms with E-state index in [0.29, 0.717) is 17.5 Å². The van der Waals surface area contributed by atoms with Gasteiger partial charge in [-0.3, -0.25) is 4.79 Å². The first kappa shape index (κ1) is 14.0. The first-order valence-electron chi connectivity index (χ1n) is 6.75. The van der Waals surface area contributed by atoms with E-state index in [-0.39, 0.29) is 11.7 Å². The van der Waals surface area contributed by atoms with Crippen LogP contribution in [0.2, 0.25) is 0 Å². The summed E-state index contributed by atoms with van der Waals surface area (Å²) in [7, 11) is 1.95. The third-order valence-corrected chi connectivity index (χ3v) is 3.99. The zero-order chi connectivity index (χ0) is 14.0. The Labute approximate surface area is 113 Å². The summed E-state index contributed by atoms with van der Waals surface area (Å²) in [6.07, 6.45) is 0.942. The van der Waals surface area contributed by atoms with Crippen LogP contribution in [0.3, 0.4) is 0 Å². The highest BCUT2D eigenvalue weighted by Crippen LogP contribution is 2.20.